The topological polar surface area (TPSA) is 17.1 Å². The molecule has 0 aromatic heterocycles. The van der Waals surface area contributed by atoms with E-state index in [9.17, 15) is 4.79 Å². The van der Waals surface area contributed by atoms with Gasteiger partial charge in [0.15, 0.2) is 5.78 Å². The first-order valence-electron chi connectivity index (χ1n) is 5.39. The zero-order valence-corrected chi connectivity index (χ0v) is 8.44. The molecule has 0 heterocycles. The summed E-state index contributed by atoms with van der Waals surface area (Å²) in [5.74, 6) is 0.877. The maximum atomic E-state index is 11.6. The van der Waals surface area contributed by atoms with Crippen LogP contribution in [-0.4, -0.2) is 5.78 Å². The van der Waals surface area contributed by atoms with Crippen LogP contribution in [0.1, 0.15) is 45.4 Å². The molecule has 2 aliphatic carbocycles. The summed E-state index contributed by atoms with van der Waals surface area (Å²) in [6.07, 6.45) is 7.08. The lowest BCUT2D eigenvalue weighted by Crippen LogP contribution is -2.28. The first kappa shape index (κ1) is 8.98. The minimum absolute atomic E-state index is 0.218. The molecule has 1 atom stereocenters. The highest BCUT2D eigenvalue weighted by Gasteiger charge is 2.47. The molecule has 2 rings (SSSR count). The fourth-order valence-electron chi connectivity index (χ4n) is 3.15. The molecule has 0 amide bonds. The average molecular weight is 178 g/mol. The van der Waals surface area contributed by atoms with Gasteiger partial charge in [-0.05, 0) is 24.3 Å². The smallest absolute Gasteiger partial charge is 0.159 e. The third-order valence-corrected chi connectivity index (χ3v) is 4.12. The second-order valence-electron chi connectivity index (χ2n) is 4.72. The number of Topliss-reactive ketones (excluding diaryl/α,β-unsaturated/α-hetero) is 1. The van der Waals surface area contributed by atoms with Gasteiger partial charge in [-0.15, -0.1) is 0 Å². The van der Waals surface area contributed by atoms with Gasteiger partial charge in [0.05, 0.1) is 0 Å². The lowest BCUT2D eigenvalue weighted by Gasteiger charge is -2.37. The second kappa shape index (κ2) is 2.97. The van der Waals surface area contributed by atoms with E-state index in [-0.39, 0.29) is 5.41 Å². The van der Waals surface area contributed by atoms with Crippen molar-refractivity contribution in [3.05, 3.63) is 12.2 Å². The van der Waals surface area contributed by atoms with Gasteiger partial charge in [-0.25, -0.2) is 0 Å². The van der Waals surface area contributed by atoms with Crippen molar-refractivity contribution in [2.45, 2.75) is 45.4 Å². The zero-order valence-electron chi connectivity index (χ0n) is 8.44. The number of rotatable bonds is 0. The zero-order chi connectivity index (χ0) is 9.47. The maximum Gasteiger partial charge on any atom is 0.159 e. The third kappa shape index (κ3) is 1.17. The van der Waals surface area contributed by atoms with Crippen molar-refractivity contribution in [1.82, 2.24) is 0 Å². The highest BCUT2D eigenvalue weighted by Crippen LogP contribution is 2.53. The van der Waals surface area contributed by atoms with E-state index in [1.54, 1.807) is 0 Å². The number of ketones is 1. The predicted octanol–water partition coefficient (Wildman–Crippen LogP) is 3.10. The van der Waals surface area contributed by atoms with Crippen molar-refractivity contribution in [3.63, 3.8) is 0 Å². The third-order valence-electron chi connectivity index (χ3n) is 4.12. The van der Waals surface area contributed by atoms with Crippen molar-refractivity contribution in [2.24, 2.45) is 11.3 Å². The Morgan fingerprint density at radius 2 is 1.92 bits per heavy atom. The van der Waals surface area contributed by atoms with Crippen LogP contribution in [0.15, 0.2) is 12.2 Å². The summed E-state index contributed by atoms with van der Waals surface area (Å²) in [6, 6.07) is 0. The second-order valence-corrected chi connectivity index (χ2v) is 4.72. The molecule has 1 unspecified atom stereocenters. The molecule has 2 fully saturated rings. The van der Waals surface area contributed by atoms with Crippen molar-refractivity contribution in [1.29, 1.82) is 0 Å². The van der Waals surface area contributed by atoms with Crippen molar-refractivity contribution in [3.8, 4) is 0 Å². The number of carbonyl (C=O) groups is 1. The predicted molar refractivity (Wildman–Crippen MR) is 53.4 cm³/mol. The Morgan fingerprint density at radius 3 is 2.38 bits per heavy atom. The van der Waals surface area contributed by atoms with Crippen LogP contribution in [0.2, 0.25) is 0 Å². The molecule has 0 radical (unpaired) electrons. The van der Waals surface area contributed by atoms with E-state index in [1.165, 1.54) is 32.1 Å². The monoisotopic (exact) mass is 178 g/mol. The van der Waals surface area contributed by atoms with Crippen LogP contribution in [0.5, 0.6) is 0 Å². The summed E-state index contributed by atoms with van der Waals surface area (Å²) in [6.45, 7) is 6.24. The molecule has 0 bridgehead atoms. The number of allylic oxidation sites excluding steroid dienone is 1. The Balaban J connectivity index is 2.28. The summed E-state index contributed by atoms with van der Waals surface area (Å²) >= 11 is 0. The van der Waals surface area contributed by atoms with Crippen molar-refractivity contribution >= 4 is 5.78 Å². The average Bonchev–Trinajstić information content (AvgIpc) is 2.34. The first-order valence-corrected chi connectivity index (χ1v) is 5.39. The molecule has 13 heavy (non-hydrogen) atoms. The summed E-state index contributed by atoms with van der Waals surface area (Å²) in [5.41, 5.74) is 1.16. The van der Waals surface area contributed by atoms with E-state index in [4.69, 9.17) is 0 Å². The summed E-state index contributed by atoms with van der Waals surface area (Å²) < 4.78 is 0. The van der Waals surface area contributed by atoms with Crippen LogP contribution >= 0.6 is 0 Å². The fourth-order valence-corrected chi connectivity index (χ4v) is 3.15. The highest BCUT2D eigenvalue weighted by atomic mass is 16.1. The maximum absolute atomic E-state index is 11.6. The first-order chi connectivity index (χ1) is 6.17. The molecule has 1 spiro atoms. The molecule has 72 valence electrons. The standard InChI is InChI=1S/C12H18O/c1-9-8-11(13)10(2)12(9)6-4-3-5-7-12/h9H,2-8H2,1H3. The van der Waals surface area contributed by atoms with Gasteiger partial charge in [0, 0.05) is 11.8 Å². The molecule has 0 aliphatic heterocycles. The van der Waals surface area contributed by atoms with Gasteiger partial charge in [0.2, 0.25) is 0 Å². The van der Waals surface area contributed by atoms with Crippen LogP contribution < -0.4 is 0 Å². The van der Waals surface area contributed by atoms with Gasteiger partial charge < -0.3 is 0 Å². The van der Waals surface area contributed by atoms with Crippen LogP contribution in [0.3, 0.4) is 0 Å². The molecule has 0 saturated heterocycles. The molecule has 2 saturated carbocycles. The molecular weight excluding hydrogens is 160 g/mol. The molecule has 0 aromatic rings. The Labute approximate surface area is 80.2 Å². The molecule has 1 heteroatoms. The summed E-state index contributed by atoms with van der Waals surface area (Å²) in [4.78, 5) is 11.6. The lowest BCUT2D eigenvalue weighted by molar-refractivity contribution is -0.114. The van der Waals surface area contributed by atoms with Crippen LogP contribution in [0, 0.1) is 11.3 Å². The highest BCUT2D eigenvalue weighted by molar-refractivity contribution is 5.98. The largest absolute Gasteiger partial charge is 0.295 e. The van der Waals surface area contributed by atoms with Crippen LogP contribution in [0.4, 0.5) is 0 Å². The van der Waals surface area contributed by atoms with Gasteiger partial charge in [0.25, 0.3) is 0 Å². The normalized spacial score (nSPS) is 32.8. The molecule has 0 N–H and O–H groups in total. The Hall–Kier alpha value is -0.590. The number of hydrogen-bond acceptors (Lipinski definition) is 1. The molecule has 0 aromatic carbocycles. The molecular formula is C12H18O. The van der Waals surface area contributed by atoms with Crippen molar-refractivity contribution in [2.75, 3.05) is 0 Å². The van der Waals surface area contributed by atoms with Gasteiger partial charge in [-0.2, -0.15) is 0 Å². The van der Waals surface area contributed by atoms with Gasteiger partial charge in [-0.1, -0.05) is 32.8 Å². The van der Waals surface area contributed by atoms with Gasteiger partial charge in [-0.3, -0.25) is 4.79 Å². The SMILES string of the molecule is C=C1C(=O)CC(C)C12CCCCC2. The summed E-state index contributed by atoms with van der Waals surface area (Å²) in [5, 5.41) is 0. The Bertz CT molecular complexity index is 246. The Kier molecular flexibility index (Phi) is 2.05. The minimum atomic E-state index is 0.218. The molecule has 2 aliphatic rings. The van der Waals surface area contributed by atoms with Crippen molar-refractivity contribution < 1.29 is 4.79 Å². The van der Waals surface area contributed by atoms with Gasteiger partial charge in [0.1, 0.15) is 0 Å². The Morgan fingerprint density at radius 1 is 1.31 bits per heavy atom. The van der Waals surface area contributed by atoms with E-state index in [2.05, 4.69) is 13.5 Å². The van der Waals surface area contributed by atoms with E-state index in [0.717, 1.165) is 12.0 Å². The van der Waals surface area contributed by atoms with E-state index < -0.39 is 0 Å². The van der Waals surface area contributed by atoms with E-state index in [0.29, 0.717) is 11.7 Å². The van der Waals surface area contributed by atoms with Gasteiger partial charge >= 0.3 is 0 Å². The summed E-state index contributed by atoms with van der Waals surface area (Å²) in [7, 11) is 0. The fraction of sp³-hybridized carbons (Fsp3) is 0.750. The lowest BCUT2D eigenvalue weighted by atomic mass is 9.66. The number of hydrogen-bond donors (Lipinski definition) is 0. The van der Waals surface area contributed by atoms with E-state index in [1.807, 2.05) is 0 Å². The molecule has 1 nitrogen and oxygen atoms in total. The van der Waals surface area contributed by atoms with E-state index >= 15 is 0 Å². The van der Waals surface area contributed by atoms with Crippen LogP contribution in [-0.2, 0) is 4.79 Å². The minimum Gasteiger partial charge on any atom is -0.295 e. The number of carbonyl (C=O) groups excluding carboxylic acids is 1. The quantitative estimate of drug-likeness (QED) is 0.521. The van der Waals surface area contributed by atoms with Crippen LogP contribution in [0.25, 0.3) is 0 Å².